The summed E-state index contributed by atoms with van der Waals surface area (Å²) in [5.74, 6) is -0.528. The molecule has 0 saturated heterocycles. The highest BCUT2D eigenvalue weighted by atomic mass is 32.1. The molecule has 4 aromatic rings. The third-order valence-corrected chi connectivity index (χ3v) is 5.10. The van der Waals surface area contributed by atoms with Gasteiger partial charge in [-0.25, -0.2) is 9.78 Å². The van der Waals surface area contributed by atoms with Crippen LogP contribution in [0.3, 0.4) is 0 Å². The van der Waals surface area contributed by atoms with E-state index in [1.807, 2.05) is 72.8 Å². The van der Waals surface area contributed by atoms with Gasteiger partial charge in [-0.15, -0.1) is 11.3 Å². The van der Waals surface area contributed by atoms with Crippen molar-refractivity contribution in [2.75, 3.05) is 0 Å². The van der Waals surface area contributed by atoms with Crippen molar-refractivity contribution in [2.24, 2.45) is 5.16 Å². The predicted octanol–water partition coefficient (Wildman–Crippen LogP) is 4.46. The molecule has 0 bridgehead atoms. The van der Waals surface area contributed by atoms with E-state index in [1.54, 1.807) is 0 Å². The van der Waals surface area contributed by atoms with E-state index in [2.05, 4.69) is 10.1 Å². The van der Waals surface area contributed by atoms with Crippen LogP contribution in [0.1, 0.15) is 10.6 Å². The maximum atomic E-state index is 12.2. The Kier molecular flexibility index (Phi) is 4.60. The minimum Gasteiger partial charge on any atom is -0.316 e. The Labute approximate surface area is 159 Å². The van der Waals surface area contributed by atoms with Crippen molar-refractivity contribution in [3.8, 4) is 6.07 Å². The summed E-state index contributed by atoms with van der Waals surface area (Å²) in [5.41, 5.74) is 1.62. The molecule has 27 heavy (non-hydrogen) atoms. The lowest BCUT2D eigenvalue weighted by Gasteiger charge is -2.04. The van der Waals surface area contributed by atoms with Gasteiger partial charge in [0.2, 0.25) is 5.71 Å². The van der Waals surface area contributed by atoms with Crippen LogP contribution in [-0.2, 0) is 16.1 Å². The summed E-state index contributed by atoms with van der Waals surface area (Å²) in [6.45, 7) is 0. The first-order valence-corrected chi connectivity index (χ1v) is 9.07. The van der Waals surface area contributed by atoms with Crippen molar-refractivity contribution < 1.29 is 9.63 Å². The van der Waals surface area contributed by atoms with Crippen molar-refractivity contribution in [3.63, 3.8) is 0 Å². The van der Waals surface area contributed by atoms with Gasteiger partial charge >= 0.3 is 5.97 Å². The quantitative estimate of drug-likeness (QED) is 0.301. The van der Waals surface area contributed by atoms with Crippen LogP contribution >= 0.6 is 11.3 Å². The van der Waals surface area contributed by atoms with Crippen molar-refractivity contribution in [1.82, 2.24) is 4.98 Å². The minimum absolute atomic E-state index is 0.0116. The zero-order chi connectivity index (χ0) is 18.6. The van der Waals surface area contributed by atoms with E-state index in [1.165, 1.54) is 11.3 Å². The first-order valence-electron chi connectivity index (χ1n) is 8.25. The summed E-state index contributed by atoms with van der Waals surface area (Å²) < 4.78 is 0.942. The van der Waals surface area contributed by atoms with E-state index in [9.17, 15) is 10.1 Å². The van der Waals surface area contributed by atoms with Crippen LogP contribution in [0.15, 0.2) is 71.9 Å². The van der Waals surface area contributed by atoms with Crippen LogP contribution in [0.5, 0.6) is 0 Å². The third kappa shape index (κ3) is 3.54. The Morgan fingerprint density at radius 2 is 1.85 bits per heavy atom. The standard InChI is InChI=1S/C21H13N3O2S/c22-13-18(21-23-17-10-3-4-11-19(17)27-21)24-26-20(25)12-15-8-5-7-14-6-1-2-9-16(14)15/h1-11H,12H2. The Bertz CT molecular complexity index is 1180. The van der Waals surface area contributed by atoms with Gasteiger partial charge in [0, 0.05) is 0 Å². The molecule has 1 heterocycles. The van der Waals surface area contributed by atoms with Crippen molar-refractivity contribution in [3.05, 3.63) is 77.3 Å². The van der Waals surface area contributed by atoms with Gasteiger partial charge in [0.25, 0.3) is 0 Å². The van der Waals surface area contributed by atoms with E-state index < -0.39 is 5.97 Å². The normalized spacial score (nSPS) is 11.4. The largest absolute Gasteiger partial charge is 0.339 e. The number of hydrogen-bond acceptors (Lipinski definition) is 6. The topological polar surface area (TPSA) is 75.3 Å². The number of hydrogen-bond donors (Lipinski definition) is 0. The molecule has 0 aliphatic carbocycles. The molecule has 0 saturated carbocycles. The average Bonchev–Trinajstić information content (AvgIpc) is 3.13. The van der Waals surface area contributed by atoms with E-state index >= 15 is 0 Å². The average molecular weight is 371 g/mol. The van der Waals surface area contributed by atoms with Crippen LogP contribution in [0.25, 0.3) is 21.0 Å². The Morgan fingerprint density at radius 1 is 1.07 bits per heavy atom. The Hall–Kier alpha value is -3.56. The number of thiazole rings is 1. The second-order valence-corrected chi connectivity index (χ2v) is 6.85. The highest BCUT2D eigenvalue weighted by molar-refractivity contribution is 7.20. The van der Waals surface area contributed by atoms with Crippen molar-refractivity contribution >= 4 is 44.0 Å². The van der Waals surface area contributed by atoms with E-state index in [0.717, 1.165) is 26.6 Å². The molecule has 5 nitrogen and oxygen atoms in total. The number of nitrogens with zero attached hydrogens (tertiary/aromatic N) is 3. The van der Waals surface area contributed by atoms with Gasteiger partial charge in [0.05, 0.1) is 16.6 Å². The molecule has 0 fully saturated rings. The number of nitriles is 1. The van der Waals surface area contributed by atoms with Crippen LogP contribution < -0.4 is 0 Å². The molecule has 0 spiro atoms. The van der Waals surface area contributed by atoms with Gasteiger partial charge in [0.1, 0.15) is 6.07 Å². The molecule has 0 radical (unpaired) electrons. The first kappa shape index (κ1) is 16.9. The van der Waals surface area contributed by atoms with Gasteiger partial charge in [-0.2, -0.15) is 5.26 Å². The molecule has 0 unspecified atom stereocenters. The van der Waals surface area contributed by atoms with Crippen LogP contribution in [0.2, 0.25) is 0 Å². The zero-order valence-electron chi connectivity index (χ0n) is 14.1. The van der Waals surface area contributed by atoms with Crippen LogP contribution in [0.4, 0.5) is 0 Å². The highest BCUT2D eigenvalue weighted by Gasteiger charge is 2.13. The molecule has 1 aromatic heterocycles. The van der Waals surface area contributed by atoms with E-state index in [0.29, 0.717) is 5.01 Å². The van der Waals surface area contributed by atoms with Crippen molar-refractivity contribution in [1.29, 1.82) is 5.26 Å². The van der Waals surface area contributed by atoms with Crippen LogP contribution in [-0.4, -0.2) is 16.7 Å². The number of rotatable bonds is 4. The minimum atomic E-state index is -0.528. The number of para-hydroxylation sites is 1. The summed E-state index contributed by atoms with van der Waals surface area (Å²) in [5, 5.41) is 15.6. The lowest BCUT2D eigenvalue weighted by molar-refractivity contribution is -0.142. The molecule has 4 rings (SSSR count). The van der Waals surface area contributed by atoms with Gasteiger partial charge in [-0.05, 0) is 28.5 Å². The molecular formula is C21H13N3O2S. The summed E-state index contributed by atoms with van der Waals surface area (Å²) in [7, 11) is 0. The smallest absolute Gasteiger partial charge is 0.316 e. The molecule has 0 atom stereocenters. The number of carbonyl (C=O) groups is 1. The third-order valence-electron chi connectivity index (χ3n) is 4.06. The number of carbonyl (C=O) groups excluding carboxylic acids is 1. The fourth-order valence-corrected chi connectivity index (χ4v) is 3.71. The maximum Gasteiger partial charge on any atom is 0.339 e. The lowest BCUT2D eigenvalue weighted by Crippen LogP contribution is -2.07. The summed E-state index contributed by atoms with van der Waals surface area (Å²) in [6, 6.07) is 23.1. The predicted molar refractivity (Wildman–Crippen MR) is 106 cm³/mol. The zero-order valence-corrected chi connectivity index (χ0v) is 14.9. The fraction of sp³-hybridized carbons (Fsp3) is 0.0476. The number of fused-ring (bicyclic) bond motifs is 2. The van der Waals surface area contributed by atoms with Gasteiger partial charge in [-0.3, -0.25) is 0 Å². The molecule has 0 N–H and O–H groups in total. The van der Waals surface area contributed by atoms with Crippen LogP contribution in [0, 0.1) is 11.3 Å². The molecule has 3 aromatic carbocycles. The highest BCUT2D eigenvalue weighted by Crippen LogP contribution is 2.22. The number of aromatic nitrogens is 1. The number of oxime groups is 1. The van der Waals surface area contributed by atoms with E-state index in [4.69, 9.17) is 4.84 Å². The maximum absolute atomic E-state index is 12.2. The number of benzene rings is 3. The summed E-state index contributed by atoms with van der Waals surface area (Å²) in [6.07, 6.45) is 0.0728. The lowest BCUT2D eigenvalue weighted by atomic mass is 10.0. The monoisotopic (exact) mass is 371 g/mol. The van der Waals surface area contributed by atoms with Gasteiger partial charge in [-0.1, -0.05) is 59.8 Å². The molecule has 0 amide bonds. The second-order valence-electron chi connectivity index (χ2n) is 5.82. The van der Waals surface area contributed by atoms with E-state index in [-0.39, 0.29) is 12.1 Å². The summed E-state index contributed by atoms with van der Waals surface area (Å²) >= 11 is 1.33. The SMILES string of the molecule is N#CC(=NOC(=O)Cc1cccc2ccccc12)c1nc2ccccc2s1. The Balaban J connectivity index is 1.53. The molecule has 0 aliphatic heterocycles. The molecule has 130 valence electrons. The molecular weight excluding hydrogens is 358 g/mol. The fourth-order valence-electron chi connectivity index (χ4n) is 2.81. The summed E-state index contributed by atoms with van der Waals surface area (Å²) in [4.78, 5) is 21.6. The van der Waals surface area contributed by atoms with Crippen molar-refractivity contribution in [2.45, 2.75) is 6.42 Å². The first-order chi connectivity index (χ1) is 13.2. The second kappa shape index (κ2) is 7.36. The Morgan fingerprint density at radius 3 is 2.70 bits per heavy atom. The molecule has 0 aliphatic rings. The molecule has 6 heteroatoms. The van der Waals surface area contributed by atoms with Gasteiger partial charge < -0.3 is 4.84 Å². The van der Waals surface area contributed by atoms with Gasteiger partial charge in [0.15, 0.2) is 5.01 Å².